The highest BCUT2D eigenvalue weighted by Gasteiger charge is 2.38. The molecule has 20 heavy (non-hydrogen) atoms. The summed E-state index contributed by atoms with van der Waals surface area (Å²) in [5.74, 6) is 0. The molecule has 0 N–H and O–H groups in total. The van der Waals surface area contributed by atoms with Crippen molar-refractivity contribution in [3.8, 4) is 0 Å². The molecule has 1 heterocycles. The molecule has 0 aromatic heterocycles. The molecule has 2 rings (SSSR count). The Kier molecular flexibility index (Phi) is 4.90. The smallest absolute Gasteiger partial charge is 0.0357 e. The molecule has 1 heteroatoms. The molecule has 1 aliphatic heterocycles. The lowest BCUT2D eigenvalue weighted by atomic mass is 9.92. The maximum atomic E-state index is 2.74. The molecule has 0 radical (unpaired) electrons. The number of nitrogens with zero attached hydrogens (tertiary/aromatic N) is 1. The van der Waals surface area contributed by atoms with Crippen LogP contribution in [0, 0.1) is 6.92 Å². The van der Waals surface area contributed by atoms with Crippen LogP contribution >= 0.6 is 0 Å². The van der Waals surface area contributed by atoms with Crippen LogP contribution in [-0.4, -0.2) is 10.9 Å². The van der Waals surface area contributed by atoms with Crippen LogP contribution in [0.15, 0.2) is 12.1 Å². The van der Waals surface area contributed by atoms with Crippen LogP contribution < -0.4 is 0 Å². The second-order valence-corrected chi connectivity index (χ2v) is 6.55. The van der Waals surface area contributed by atoms with E-state index >= 15 is 0 Å². The quantitative estimate of drug-likeness (QED) is 0.677. The maximum absolute atomic E-state index is 2.74. The van der Waals surface area contributed by atoms with Gasteiger partial charge in [-0.3, -0.25) is 4.90 Å². The Morgan fingerprint density at radius 2 is 1.55 bits per heavy atom. The first-order valence-corrected chi connectivity index (χ1v) is 8.45. The number of fused-ring (bicyclic) bond motifs is 1. The van der Waals surface area contributed by atoms with E-state index in [2.05, 4.69) is 58.6 Å². The van der Waals surface area contributed by atoms with E-state index in [4.69, 9.17) is 0 Å². The van der Waals surface area contributed by atoms with Gasteiger partial charge in [0.15, 0.2) is 0 Å². The molecule has 0 fully saturated rings. The Bertz CT molecular complexity index is 461. The summed E-state index contributed by atoms with van der Waals surface area (Å²) in [6.07, 6.45) is 4.89. The van der Waals surface area contributed by atoms with Gasteiger partial charge < -0.3 is 0 Å². The van der Waals surface area contributed by atoms with Gasteiger partial charge in [-0.2, -0.15) is 0 Å². The van der Waals surface area contributed by atoms with E-state index in [1.165, 1.54) is 31.2 Å². The molecule has 2 atom stereocenters. The monoisotopic (exact) mass is 273 g/mol. The van der Waals surface area contributed by atoms with Crippen LogP contribution in [0.25, 0.3) is 0 Å². The zero-order valence-corrected chi connectivity index (χ0v) is 14.2. The van der Waals surface area contributed by atoms with E-state index < -0.39 is 0 Å². The van der Waals surface area contributed by atoms with Gasteiger partial charge in [0.2, 0.25) is 0 Å². The first kappa shape index (κ1) is 15.6. The van der Waals surface area contributed by atoms with Crippen LogP contribution in [0.5, 0.6) is 0 Å². The zero-order valence-electron chi connectivity index (χ0n) is 14.2. The topological polar surface area (TPSA) is 3.24 Å². The third kappa shape index (κ3) is 2.53. The number of aryl methyl sites for hydroxylation is 2. The average molecular weight is 273 g/mol. The minimum absolute atomic E-state index is 0.615. The molecule has 1 aromatic rings. The molecule has 2 unspecified atom stereocenters. The second kappa shape index (κ2) is 6.30. The molecule has 1 aromatic carbocycles. The molecule has 0 aliphatic carbocycles. The molecule has 0 saturated heterocycles. The van der Waals surface area contributed by atoms with Gasteiger partial charge in [-0.25, -0.2) is 0 Å². The summed E-state index contributed by atoms with van der Waals surface area (Å²) in [6, 6.07) is 6.86. The van der Waals surface area contributed by atoms with Gasteiger partial charge >= 0.3 is 0 Å². The zero-order chi connectivity index (χ0) is 14.9. The highest BCUT2D eigenvalue weighted by atomic mass is 15.2. The van der Waals surface area contributed by atoms with Crippen LogP contribution in [0.3, 0.4) is 0 Å². The number of hydrogen-bond acceptors (Lipinski definition) is 1. The van der Waals surface area contributed by atoms with Crippen molar-refractivity contribution in [2.75, 3.05) is 0 Å². The summed E-state index contributed by atoms with van der Waals surface area (Å²) in [5, 5.41) is 0. The third-order valence-electron chi connectivity index (χ3n) is 4.87. The van der Waals surface area contributed by atoms with Crippen LogP contribution in [0.1, 0.15) is 88.2 Å². The average Bonchev–Trinajstić information content (AvgIpc) is 2.72. The fourth-order valence-electron chi connectivity index (χ4n) is 4.03. The van der Waals surface area contributed by atoms with Gasteiger partial charge in [0.25, 0.3) is 0 Å². The molecular weight excluding hydrogens is 242 g/mol. The van der Waals surface area contributed by atoms with Crippen molar-refractivity contribution < 1.29 is 0 Å². The first-order valence-electron chi connectivity index (χ1n) is 8.45. The fraction of sp³-hybridized carbons (Fsp3) is 0.684. The normalized spacial score (nSPS) is 22.6. The van der Waals surface area contributed by atoms with E-state index in [0.29, 0.717) is 18.1 Å². The minimum Gasteiger partial charge on any atom is -0.287 e. The number of benzene rings is 1. The van der Waals surface area contributed by atoms with Gasteiger partial charge in [-0.1, -0.05) is 39.3 Å². The molecule has 112 valence electrons. The van der Waals surface area contributed by atoms with E-state index in [-0.39, 0.29) is 0 Å². The standard InChI is InChI=1S/C19H31N/c1-7-10-15-12-17-16(11-14(15)6)18(8-2)20(13(4)5)19(17)9-3/h11-13,18-19H,7-10H2,1-6H3. The predicted octanol–water partition coefficient (Wildman–Crippen LogP) is 5.57. The Balaban J connectivity index is 2.51. The SMILES string of the molecule is CCCc1cc2c(cc1C)C(CC)N(C(C)C)C2CC. The van der Waals surface area contributed by atoms with Gasteiger partial charge in [0.05, 0.1) is 0 Å². The summed E-state index contributed by atoms with van der Waals surface area (Å²) in [5.41, 5.74) is 6.27. The third-order valence-corrected chi connectivity index (χ3v) is 4.87. The van der Waals surface area contributed by atoms with Crippen molar-refractivity contribution in [2.45, 2.75) is 85.4 Å². The van der Waals surface area contributed by atoms with Crippen molar-refractivity contribution in [1.82, 2.24) is 4.90 Å². The highest BCUT2D eigenvalue weighted by Crippen LogP contribution is 2.47. The Hall–Kier alpha value is -0.820. The Morgan fingerprint density at radius 3 is 2.00 bits per heavy atom. The molecular formula is C19H31N. The van der Waals surface area contributed by atoms with Crippen molar-refractivity contribution in [3.05, 3.63) is 34.4 Å². The lowest BCUT2D eigenvalue weighted by Crippen LogP contribution is -2.32. The van der Waals surface area contributed by atoms with Crippen molar-refractivity contribution in [2.24, 2.45) is 0 Å². The maximum Gasteiger partial charge on any atom is 0.0357 e. The molecule has 1 nitrogen and oxygen atoms in total. The number of rotatable bonds is 5. The largest absolute Gasteiger partial charge is 0.287 e. The van der Waals surface area contributed by atoms with Gasteiger partial charge in [0.1, 0.15) is 0 Å². The minimum atomic E-state index is 0.615. The van der Waals surface area contributed by atoms with E-state index in [1.54, 1.807) is 16.7 Å². The molecule has 0 bridgehead atoms. The second-order valence-electron chi connectivity index (χ2n) is 6.55. The number of hydrogen-bond donors (Lipinski definition) is 0. The van der Waals surface area contributed by atoms with Crippen LogP contribution in [-0.2, 0) is 6.42 Å². The Labute approximate surface area is 125 Å². The first-order chi connectivity index (χ1) is 9.54. The molecule has 0 saturated carbocycles. The highest BCUT2D eigenvalue weighted by molar-refractivity contribution is 5.44. The fourth-order valence-corrected chi connectivity index (χ4v) is 4.03. The summed E-state index contributed by atoms with van der Waals surface area (Å²) in [4.78, 5) is 2.74. The lowest BCUT2D eigenvalue weighted by Gasteiger charge is -2.33. The van der Waals surface area contributed by atoms with Gasteiger partial charge in [-0.05, 0) is 62.3 Å². The summed E-state index contributed by atoms with van der Waals surface area (Å²) >= 11 is 0. The van der Waals surface area contributed by atoms with Gasteiger partial charge in [-0.15, -0.1) is 0 Å². The van der Waals surface area contributed by atoms with Gasteiger partial charge in [0, 0.05) is 18.1 Å². The van der Waals surface area contributed by atoms with Crippen molar-refractivity contribution >= 4 is 0 Å². The summed E-state index contributed by atoms with van der Waals surface area (Å²) in [7, 11) is 0. The molecule has 0 spiro atoms. The van der Waals surface area contributed by atoms with Crippen LogP contribution in [0.2, 0.25) is 0 Å². The van der Waals surface area contributed by atoms with E-state index in [0.717, 1.165) is 0 Å². The molecule has 1 aliphatic rings. The summed E-state index contributed by atoms with van der Waals surface area (Å²) < 4.78 is 0. The summed E-state index contributed by atoms with van der Waals surface area (Å²) in [6.45, 7) is 13.9. The predicted molar refractivity (Wildman–Crippen MR) is 88.2 cm³/mol. The van der Waals surface area contributed by atoms with Crippen LogP contribution in [0.4, 0.5) is 0 Å². The molecule has 0 amide bonds. The van der Waals surface area contributed by atoms with Crippen molar-refractivity contribution in [1.29, 1.82) is 0 Å². The van der Waals surface area contributed by atoms with Crippen molar-refractivity contribution in [3.63, 3.8) is 0 Å². The van der Waals surface area contributed by atoms with E-state index in [1.807, 2.05) is 0 Å². The Morgan fingerprint density at radius 1 is 1.00 bits per heavy atom. The van der Waals surface area contributed by atoms with E-state index in [9.17, 15) is 0 Å². The lowest BCUT2D eigenvalue weighted by molar-refractivity contribution is 0.113.